The zero-order valence-electron chi connectivity index (χ0n) is 10.5. The molecule has 0 bridgehead atoms. The molecule has 0 saturated carbocycles. The van der Waals surface area contributed by atoms with Crippen LogP contribution in [0.5, 0.6) is 0 Å². The highest BCUT2D eigenvalue weighted by Gasteiger charge is 2.17. The van der Waals surface area contributed by atoms with Crippen LogP contribution in [-0.4, -0.2) is 11.4 Å². The van der Waals surface area contributed by atoms with Gasteiger partial charge in [-0.05, 0) is 56.4 Å². The van der Waals surface area contributed by atoms with Gasteiger partial charge in [-0.1, -0.05) is 6.07 Å². The van der Waals surface area contributed by atoms with Gasteiger partial charge < -0.3 is 11.1 Å². The van der Waals surface area contributed by atoms with E-state index >= 15 is 0 Å². The molecule has 2 rings (SSSR count). The van der Waals surface area contributed by atoms with Crippen molar-refractivity contribution in [1.29, 1.82) is 0 Å². The third-order valence-corrected chi connectivity index (χ3v) is 3.00. The first kappa shape index (κ1) is 12.1. The molecule has 1 aromatic carbocycles. The Hall–Kier alpha value is -1.35. The average molecular weight is 232 g/mol. The van der Waals surface area contributed by atoms with Crippen molar-refractivity contribution in [2.75, 3.05) is 5.32 Å². The number of carbonyl (C=O) groups excluding carboxylic acids is 1. The van der Waals surface area contributed by atoms with E-state index < -0.39 is 5.54 Å². The highest BCUT2D eigenvalue weighted by Crippen LogP contribution is 2.25. The van der Waals surface area contributed by atoms with E-state index in [1.807, 2.05) is 19.9 Å². The van der Waals surface area contributed by atoms with E-state index in [-0.39, 0.29) is 5.91 Å². The standard InChI is InChI=1S/C14H20N2O/c1-14(2,15)9-13(17)16-12-7-6-10-4-3-5-11(10)8-12/h6-8H,3-5,9,15H2,1-2H3,(H,16,17). The zero-order chi connectivity index (χ0) is 12.5. The number of fused-ring (bicyclic) bond motifs is 1. The molecular weight excluding hydrogens is 212 g/mol. The molecule has 0 atom stereocenters. The summed E-state index contributed by atoms with van der Waals surface area (Å²) in [5.41, 5.74) is 9.04. The van der Waals surface area contributed by atoms with E-state index in [0.29, 0.717) is 6.42 Å². The van der Waals surface area contributed by atoms with Crippen LogP contribution in [0.15, 0.2) is 18.2 Å². The van der Waals surface area contributed by atoms with Crippen molar-refractivity contribution in [3.8, 4) is 0 Å². The number of hydrogen-bond acceptors (Lipinski definition) is 2. The van der Waals surface area contributed by atoms with Gasteiger partial charge in [0.2, 0.25) is 5.91 Å². The van der Waals surface area contributed by atoms with E-state index in [1.54, 1.807) is 0 Å². The molecule has 3 nitrogen and oxygen atoms in total. The summed E-state index contributed by atoms with van der Waals surface area (Å²) in [4.78, 5) is 11.7. The molecule has 0 unspecified atom stereocenters. The van der Waals surface area contributed by atoms with Gasteiger partial charge in [-0.15, -0.1) is 0 Å². The maximum atomic E-state index is 11.7. The fourth-order valence-corrected chi connectivity index (χ4v) is 2.27. The van der Waals surface area contributed by atoms with Crippen LogP contribution in [0.4, 0.5) is 5.69 Å². The molecule has 1 aromatic rings. The molecule has 92 valence electrons. The maximum Gasteiger partial charge on any atom is 0.226 e. The van der Waals surface area contributed by atoms with Gasteiger partial charge in [-0.3, -0.25) is 4.79 Å². The summed E-state index contributed by atoms with van der Waals surface area (Å²) in [6, 6.07) is 6.18. The molecule has 0 aromatic heterocycles. The third kappa shape index (κ3) is 3.30. The van der Waals surface area contributed by atoms with Gasteiger partial charge in [0.25, 0.3) is 0 Å². The lowest BCUT2D eigenvalue weighted by molar-refractivity contribution is -0.117. The van der Waals surface area contributed by atoms with Gasteiger partial charge in [0, 0.05) is 17.6 Å². The van der Waals surface area contributed by atoms with E-state index in [0.717, 1.165) is 12.1 Å². The minimum Gasteiger partial charge on any atom is -0.326 e. The minimum atomic E-state index is -0.458. The lowest BCUT2D eigenvalue weighted by Crippen LogP contribution is -2.36. The molecule has 0 radical (unpaired) electrons. The number of amides is 1. The van der Waals surface area contributed by atoms with Crippen molar-refractivity contribution in [3.05, 3.63) is 29.3 Å². The molecule has 1 aliphatic rings. The van der Waals surface area contributed by atoms with Gasteiger partial charge in [0.05, 0.1) is 0 Å². The van der Waals surface area contributed by atoms with Gasteiger partial charge in [-0.2, -0.15) is 0 Å². The van der Waals surface area contributed by atoms with Crippen LogP contribution in [0, 0.1) is 0 Å². The molecule has 0 aliphatic heterocycles. The zero-order valence-corrected chi connectivity index (χ0v) is 10.5. The van der Waals surface area contributed by atoms with Gasteiger partial charge in [-0.25, -0.2) is 0 Å². The van der Waals surface area contributed by atoms with E-state index in [9.17, 15) is 4.79 Å². The maximum absolute atomic E-state index is 11.7. The van der Waals surface area contributed by atoms with Crippen LogP contribution in [0.3, 0.4) is 0 Å². The summed E-state index contributed by atoms with van der Waals surface area (Å²) in [6.45, 7) is 3.71. The quantitative estimate of drug-likeness (QED) is 0.839. The number of nitrogens with one attached hydrogen (secondary N) is 1. The predicted molar refractivity (Wildman–Crippen MR) is 70.0 cm³/mol. The molecule has 3 heteroatoms. The van der Waals surface area contributed by atoms with Crippen molar-refractivity contribution in [1.82, 2.24) is 0 Å². The number of nitrogens with two attached hydrogens (primary N) is 1. The van der Waals surface area contributed by atoms with Gasteiger partial charge in [0.15, 0.2) is 0 Å². The van der Waals surface area contributed by atoms with E-state index in [2.05, 4.69) is 17.4 Å². The minimum absolute atomic E-state index is 0.0181. The average Bonchev–Trinajstić information content (AvgIpc) is 2.61. The SMILES string of the molecule is CC(C)(N)CC(=O)Nc1ccc2c(c1)CCC2. The Morgan fingerprint density at radius 2 is 2.06 bits per heavy atom. The van der Waals surface area contributed by atoms with Crippen molar-refractivity contribution in [2.24, 2.45) is 5.73 Å². The second-order valence-electron chi connectivity index (χ2n) is 5.55. The smallest absolute Gasteiger partial charge is 0.226 e. The molecule has 0 fully saturated rings. The second kappa shape index (κ2) is 4.49. The summed E-state index contributed by atoms with van der Waals surface area (Å²) in [7, 11) is 0. The molecule has 1 amide bonds. The summed E-state index contributed by atoms with van der Waals surface area (Å²) in [6.07, 6.45) is 3.85. The second-order valence-corrected chi connectivity index (χ2v) is 5.55. The fourth-order valence-electron chi connectivity index (χ4n) is 2.27. The molecule has 3 N–H and O–H groups in total. The molecular formula is C14H20N2O. The predicted octanol–water partition coefficient (Wildman–Crippen LogP) is 2.24. The monoisotopic (exact) mass is 232 g/mol. The number of carbonyl (C=O) groups is 1. The van der Waals surface area contributed by atoms with Crippen molar-refractivity contribution in [2.45, 2.75) is 45.1 Å². The molecule has 17 heavy (non-hydrogen) atoms. The largest absolute Gasteiger partial charge is 0.326 e. The summed E-state index contributed by atoms with van der Waals surface area (Å²) in [5, 5.41) is 2.91. The van der Waals surface area contributed by atoms with Crippen LogP contribution in [0.1, 0.15) is 37.8 Å². The van der Waals surface area contributed by atoms with Crippen LogP contribution in [-0.2, 0) is 17.6 Å². The Bertz CT molecular complexity index is 432. The highest BCUT2D eigenvalue weighted by molar-refractivity contribution is 5.91. The van der Waals surface area contributed by atoms with Crippen molar-refractivity contribution >= 4 is 11.6 Å². The molecule has 0 heterocycles. The number of benzene rings is 1. The number of hydrogen-bond donors (Lipinski definition) is 2. The Kier molecular flexibility index (Phi) is 3.20. The Morgan fingerprint density at radius 1 is 1.35 bits per heavy atom. The summed E-state index contributed by atoms with van der Waals surface area (Å²) in [5.74, 6) is -0.0181. The van der Waals surface area contributed by atoms with E-state index in [1.165, 1.54) is 24.0 Å². The lowest BCUT2D eigenvalue weighted by atomic mass is 10.0. The number of aryl methyl sites for hydroxylation is 2. The molecule has 0 spiro atoms. The van der Waals surface area contributed by atoms with Crippen LogP contribution in [0.25, 0.3) is 0 Å². The van der Waals surface area contributed by atoms with E-state index in [4.69, 9.17) is 5.73 Å². The van der Waals surface area contributed by atoms with Crippen molar-refractivity contribution < 1.29 is 4.79 Å². The first-order valence-corrected chi connectivity index (χ1v) is 6.15. The molecule has 0 saturated heterocycles. The van der Waals surface area contributed by atoms with Crippen LogP contribution >= 0.6 is 0 Å². The summed E-state index contributed by atoms with van der Waals surface area (Å²) >= 11 is 0. The number of rotatable bonds is 3. The van der Waals surface area contributed by atoms with Gasteiger partial charge in [0.1, 0.15) is 0 Å². The third-order valence-electron chi connectivity index (χ3n) is 3.00. The highest BCUT2D eigenvalue weighted by atomic mass is 16.1. The lowest BCUT2D eigenvalue weighted by Gasteiger charge is -2.17. The normalized spacial score (nSPS) is 14.5. The summed E-state index contributed by atoms with van der Waals surface area (Å²) < 4.78 is 0. The Balaban J connectivity index is 2.02. The van der Waals surface area contributed by atoms with Crippen LogP contribution in [0.2, 0.25) is 0 Å². The van der Waals surface area contributed by atoms with Crippen molar-refractivity contribution in [3.63, 3.8) is 0 Å². The topological polar surface area (TPSA) is 55.1 Å². The fraction of sp³-hybridized carbons (Fsp3) is 0.500. The Morgan fingerprint density at radius 3 is 2.76 bits per heavy atom. The van der Waals surface area contributed by atoms with Crippen LogP contribution < -0.4 is 11.1 Å². The number of anilines is 1. The van der Waals surface area contributed by atoms with Gasteiger partial charge >= 0.3 is 0 Å². The Labute approximate surface area is 102 Å². The first-order chi connectivity index (χ1) is 7.94. The first-order valence-electron chi connectivity index (χ1n) is 6.15. The molecule has 1 aliphatic carbocycles.